The second-order valence-corrected chi connectivity index (χ2v) is 15.9. The summed E-state index contributed by atoms with van der Waals surface area (Å²) in [6.45, 7) is 7.84. The molecule has 4 aliphatic rings. The molecule has 0 aliphatic carbocycles. The molecule has 14 heteroatoms. The molecule has 3 aromatic carbocycles. The van der Waals surface area contributed by atoms with E-state index in [9.17, 15) is 37.9 Å². The van der Waals surface area contributed by atoms with Gasteiger partial charge in [0.05, 0.1) is 29.4 Å². The van der Waals surface area contributed by atoms with Crippen LogP contribution in [0.15, 0.2) is 60.7 Å². The van der Waals surface area contributed by atoms with Gasteiger partial charge in [-0.3, -0.25) is 29.3 Å². The molecule has 3 fully saturated rings. The molecule has 304 valence electrons. The summed E-state index contributed by atoms with van der Waals surface area (Å²) in [5, 5.41) is 27.2. The highest BCUT2D eigenvalue weighted by atomic mass is 19.4. The van der Waals surface area contributed by atoms with Crippen molar-refractivity contribution in [2.24, 2.45) is 5.92 Å². The number of carbonyl (C=O) groups excluding carboxylic acids is 3. The van der Waals surface area contributed by atoms with Gasteiger partial charge in [0.2, 0.25) is 11.8 Å². The van der Waals surface area contributed by atoms with Crippen molar-refractivity contribution in [2.75, 3.05) is 31.1 Å². The first-order valence-corrected chi connectivity index (χ1v) is 20.0. The molecule has 2 unspecified atom stereocenters. The van der Waals surface area contributed by atoms with Gasteiger partial charge < -0.3 is 14.9 Å². The van der Waals surface area contributed by atoms with E-state index >= 15 is 0 Å². The summed E-state index contributed by atoms with van der Waals surface area (Å²) in [5.74, 6) is 5.82. The summed E-state index contributed by atoms with van der Waals surface area (Å²) in [6, 6.07) is 18.4. The Morgan fingerprint density at radius 3 is 2.32 bits per heavy atom. The largest absolute Gasteiger partial charge is 0.417 e. The average molecular weight is 804 g/mol. The van der Waals surface area contributed by atoms with Crippen molar-refractivity contribution in [3.05, 3.63) is 105 Å². The highest BCUT2D eigenvalue weighted by molar-refractivity contribution is 6.06. The maximum Gasteiger partial charge on any atom is 0.417 e. The van der Waals surface area contributed by atoms with Crippen LogP contribution in [0.1, 0.15) is 94.2 Å². The minimum absolute atomic E-state index is 0.122. The lowest BCUT2D eigenvalue weighted by Crippen LogP contribution is -2.53. The van der Waals surface area contributed by atoms with Crippen LogP contribution in [0, 0.1) is 42.9 Å². The Hall–Kier alpha value is -5.96. The molecule has 0 radical (unpaired) electrons. The highest BCUT2D eigenvalue weighted by Gasteiger charge is 2.44. The number of piperidine rings is 3. The number of anilines is 1. The summed E-state index contributed by atoms with van der Waals surface area (Å²) < 4.78 is 42.7. The number of benzene rings is 3. The van der Waals surface area contributed by atoms with Crippen molar-refractivity contribution >= 4 is 23.4 Å². The van der Waals surface area contributed by atoms with Gasteiger partial charge in [-0.2, -0.15) is 23.5 Å². The third-order valence-electron chi connectivity index (χ3n) is 12.4. The van der Waals surface area contributed by atoms with Crippen LogP contribution in [0.4, 0.5) is 18.9 Å². The second-order valence-electron chi connectivity index (χ2n) is 15.9. The number of nitrogens with one attached hydrogen (secondary N) is 1. The minimum Gasteiger partial charge on any atom is -0.371 e. The number of likely N-dealkylation sites (tertiary alicyclic amines) is 1. The lowest BCUT2D eigenvalue weighted by atomic mass is 9.93. The van der Waals surface area contributed by atoms with E-state index in [2.05, 4.69) is 32.1 Å². The first-order valence-electron chi connectivity index (χ1n) is 20.0. The summed E-state index contributed by atoms with van der Waals surface area (Å²) in [4.78, 5) is 43.3. The van der Waals surface area contributed by atoms with Crippen LogP contribution < -0.4 is 10.2 Å². The van der Waals surface area contributed by atoms with Crippen LogP contribution in [0.2, 0.25) is 0 Å². The van der Waals surface area contributed by atoms with E-state index in [1.807, 2.05) is 50.2 Å². The topological polar surface area (TPSA) is 135 Å². The number of hydrogen-bond acceptors (Lipinski definition) is 8. The number of nitriles is 1. The maximum absolute atomic E-state index is 13.6. The molecule has 5 heterocycles. The van der Waals surface area contributed by atoms with E-state index in [0.29, 0.717) is 40.9 Å². The molecular weight excluding hydrogens is 760 g/mol. The SMILES string of the molecule is Cc1c(-c2ccc(C#N)c(C(F)(F)F)c2)nn(Cc2ccc(C#CC3CCN(C4CCN(c5ccc6c(c5)C(O)N(C5CCC(=O)NC5=O)C6=O)CC4)CC3)cc2)c1C. The summed E-state index contributed by atoms with van der Waals surface area (Å²) in [5.41, 5.74) is 4.73. The number of amides is 3. The Bertz CT molecular complexity index is 2410. The van der Waals surface area contributed by atoms with Gasteiger partial charge in [0.25, 0.3) is 5.91 Å². The quantitative estimate of drug-likeness (QED) is 0.177. The summed E-state index contributed by atoms with van der Waals surface area (Å²) in [6.07, 6.45) is -1.60. The zero-order valence-electron chi connectivity index (χ0n) is 32.9. The van der Waals surface area contributed by atoms with Gasteiger partial charge in [-0.1, -0.05) is 30.0 Å². The Morgan fingerprint density at radius 2 is 1.64 bits per heavy atom. The molecule has 11 nitrogen and oxygen atoms in total. The Morgan fingerprint density at radius 1 is 0.915 bits per heavy atom. The molecular formula is C45H44F3N7O4. The third-order valence-corrected chi connectivity index (χ3v) is 12.4. The fourth-order valence-corrected chi connectivity index (χ4v) is 8.85. The molecule has 8 rings (SSSR count). The summed E-state index contributed by atoms with van der Waals surface area (Å²) >= 11 is 0. The van der Waals surface area contributed by atoms with E-state index < -0.39 is 41.4 Å². The zero-order valence-corrected chi connectivity index (χ0v) is 32.9. The molecule has 1 aromatic heterocycles. The van der Waals surface area contributed by atoms with E-state index in [1.54, 1.807) is 16.8 Å². The van der Waals surface area contributed by atoms with Crippen LogP contribution >= 0.6 is 0 Å². The van der Waals surface area contributed by atoms with Crippen molar-refractivity contribution < 1.29 is 32.7 Å². The molecule has 0 spiro atoms. The number of carbonyl (C=O) groups is 3. The lowest BCUT2D eigenvalue weighted by molar-refractivity contribution is -0.140. The fraction of sp³-hybridized carbons (Fsp3) is 0.400. The van der Waals surface area contributed by atoms with Gasteiger partial charge in [0.1, 0.15) is 6.04 Å². The number of nitrogens with zero attached hydrogens (tertiary/aromatic N) is 6. The monoisotopic (exact) mass is 803 g/mol. The Labute approximate surface area is 340 Å². The van der Waals surface area contributed by atoms with Crippen molar-refractivity contribution in [2.45, 2.75) is 83.4 Å². The van der Waals surface area contributed by atoms with E-state index in [0.717, 1.165) is 86.0 Å². The number of aromatic nitrogens is 2. The molecule has 0 saturated carbocycles. The van der Waals surface area contributed by atoms with E-state index in [-0.39, 0.29) is 18.7 Å². The van der Waals surface area contributed by atoms with Crippen LogP contribution in [0.5, 0.6) is 0 Å². The predicted octanol–water partition coefficient (Wildman–Crippen LogP) is 6.09. The fourth-order valence-electron chi connectivity index (χ4n) is 8.85. The van der Waals surface area contributed by atoms with Gasteiger partial charge in [0.15, 0.2) is 6.23 Å². The van der Waals surface area contributed by atoms with Gasteiger partial charge >= 0.3 is 6.18 Å². The van der Waals surface area contributed by atoms with Gasteiger partial charge in [0, 0.05) is 65.1 Å². The third kappa shape index (κ3) is 7.95. The number of alkyl halides is 3. The first kappa shape index (κ1) is 39.8. The number of rotatable bonds is 6. The van der Waals surface area contributed by atoms with Crippen molar-refractivity contribution in [1.29, 1.82) is 5.26 Å². The van der Waals surface area contributed by atoms with Crippen LogP contribution in [0.3, 0.4) is 0 Å². The van der Waals surface area contributed by atoms with Crippen molar-refractivity contribution in [1.82, 2.24) is 24.9 Å². The molecule has 3 amide bonds. The normalized spacial score (nSPS) is 20.6. The highest BCUT2D eigenvalue weighted by Crippen LogP contribution is 2.39. The van der Waals surface area contributed by atoms with E-state index in [4.69, 9.17) is 0 Å². The summed E-state index contributed by atoms with van der Waals surface area (Å²) in [7, 11) is 0. The molecule has 4 aliphatic heterocycles. The van der Waals surface area contributed by atoms with Crippen molar-refractivity contribution in [3.63, 3.8) is 0 Å². The van der Waals surface area contributed by atoms with Gasteiger partial charge in [-0.25, -0.2) is 0 Å². The van der Waals surface area contributed by atoms with Crippen LogP contribution in [-0.2, 0) is 22.3 Å². The standard InChI is InChI=1S/C45H44F3N7O4/c1-27-28(2)54(51-41(27)32-9-10-33(25-49)38(23-32)45(46,47)48)26-31-7-5-29(6-8-31)3-4-30-15-19-52(20-16-30)34-17-21-53(22-18-34)35-11-12-36-37(24-35)44(59)55(43(36)58)39-13-14-40(56)50-42(39)57/h5-12,23-24,30,34,39,44,59H,13-22,26H2,1-2H3,(H,50,56,57). The van der Waals surface area contributed by atoms with Crippen LogP contribution in [0.25, 0.3) is 11.3 Å². The van der Waals surface area contributed by atoms with Crippen LogP contribution in [-0.4, -0.2) is 80.7 Å². The molecule has 59 heavy (non-hydrogen) atoms. The number of hydrogen-bond donors (Lipinski definition) is 2. The number of halogens is 3. The smallest absolute Gasteiger partial charge is 0.371 e. The molecule has 2 N–H and O–H groups in total. The molecule has 2 atom stereocenters. The number of aliphatic hydroxyl groups excluding tert-OH is 1. The molecule has 0 bridgehead atoms. The molecule has 3 saturated heterocycles. The Kier molecular flexibility index (Phi) is 10.8. The van der Waals surface area contributed by atoms with Crippen molar-refractivity contribution in [3.8, 4) is 29.2 Å². The lowest BCUT2D eigenvalue weighted by Gasteiger charge is -2.42. The number of fused-ring (bicyclic) bond motifs is 1. The second kappa shape index (κ2) is 16.0. The predicted molar refractivity (Wildman–Crippen MR) is 213 cm³/mol. The zero-order chi connectivity index (χ0) is 41.6. The van der Waals surface area contributed by atoms with E-state index in [1.165, 1.54) is 17.0 Å². The molecule has 4 aromatic rings. The average Bonchev–Trinajstić information content (AvgIpc) is 3.65. The maximum atomic E-state index is 13.6. The number of aliphatic hydroxyl groups is 1. The number of imide groups is 1. The van der Waals surface area contributed by atoms with Gasteiger partial charge in [-0.15, -0.1) is 0 Å². The Balaban J connectivity index is 0.822. The first-order chi connectivity index (χ1) is 28.3. The van der Waals surface area contributed by atoms with Gasteiger partial charge in [-0.05, 0) is 113 Å². The minimum atomic E-state index is -4.65.